The molecule has 352 valence electrons. The monoisotopic (exact) mass is 935 g/mol. The van der Waals surface area contributed by atoms with Gasteiger partial charge in [-0.3, -0.25) is 33.6 Å². The van der Waals surface area contributed by atoms with E-state index in [1.54, 1.807) is 25.1 Å². The van der Waals surface area contributed by atoms with Crippen molar-refractivity contribution in [3.05, 3.63) is 33.8 Å². The lowest BCUT2D eigenvalue weighted by atomic mass is 9.98. The molecule has 3 saturated heterocycles. The maximum absolute atomic E-state index is 14.6. The standard InChI is InChI=1S/C42H59Cl2F4N7O8/c1-7-28(50-36(58)32-21-26(45)22-55(32)40(62)41(5,63)42(46,47)48)38(60)53(8-2)31-12-9-10-16-49-34(56)30-13-11-17-54(30)39(61)33(20-24-19-25(43)14-15-27(24)44)52(6)37(59)29(18-23(3)4)51-35(31)57/h14-15,19,23,26,28-33,63H,7-13,16-18,20-22H2,1-6H3,(H,49,56)(H,50,58)(H,51,57)/t26-,28+,29+,30-,31+,32+,33+,41-/m1/s1. The first-order valence-electron chi connectivity index (χ1n) is 21.4. The maximum Gasteiger partial charge on any atom is 0.426 e. The molecule has 3 aliphatic heterocycles. The van der Waals surface area contributed by atoms with Crippen molar-refractivity contribution in [2.45, 2.75) is 147 Å². The minimum atomic E-state index is -5.44. The smallest absolute Gasteiger partial charge is 0.373 e. The Morgan fingerprint density at radius 3 is 2.32 bits per heavy atom. The summed E-state index contributed by atoms with van der Waals surface area (Å²) >= 11 is 12.8. The van der Waals surface area contributed by atoms with Crippen LogP contribution in [0.25, 0.3) is 0 Å². The number of nitrogens with one attached hydrogen (secondary N) is 3. The third-order valence-corrected chi connectivity index (χ3v) is 12.6. The molecule has 3 aliphatic rings. The number of amides is 7. The molecule has 0 bridgehead atoms. The highest BCUT2D eigenvalue weighted by atomic mass is 35.5. The van der Waals surface area contributed by atoms with Crippen LogP contribution in [0.1, 0.15) is 91.5 Å². The van der Waals surface area contributed by atoms with E-state index in [4.69, 9.17) is 23.2 Å². The molecule has 8 atom stereocenters. The zero-order chi connectivity index (χ0) is 47.1. The molecule has 0 aliphatic carbocycles. The Labute approximate surface area is 374 Å². The number of likely N-dealkylation sites (N-methyl/N-ethyl adjacent to an activating group) is 2. The largest absolute Gasteiger partial charge is 0.426 e. The van der Waals surface area contributed by atoms with Gasteiger partial charge >= 0.3 is 6.18 Å². The van der Waals surface area contributed by atoms with Gasteiger partial charge < -0.3 is 40.7 Å². The summed E-state index contributed by atoms with van der Waals surface area (Å²) < 4.78 is 55.4. The Bertz CT molecular complexity index is 1870. The van der Waals surface area contributed by atoms with Gasteiger partial charge in [-0.25, -0.2) is 4.39 Å². The summed E-state index contributed by atoms with van der Waals surface area (Å²) in [5.41, 5.74) is -3.45. The van der Waals surface area contributed by atoms with Crippen molar-refractivity contribution < 1.29 is 56.2 Å². The lowest BCUT2D eigenvalue weighted by Crippen LogP contribution is -2.62. The fraction of sp³-hybridized carbons (Fsp3) is 0.690. The molecule has 1 aromatic carbocycles. The quantitative estimate of drug-likeness (QED) is 0.243. The van der Waals surface area contributed by atoms with Crippen molar-refractivity contribution in [1.82, 2.24) is 35.6 Å². The molecule has 15 nitrogen and oxygen atoms in total. The molecule has 0 unspecified atom stereocenters. The second-order valence-electron chi connectivity index (χ2n) is 17.1. The number of rotatable bonds is 11. The zero-order valence-corrected chi connectivity index (χ0v) is 37.9. The molecule has 4 rings (SSSR count). The van der Waals surface area contributed by atoms with E-state index in [0.29, 0.717) is 46.2 Å². The van der Waals surface area contributed by atoms with E-state index >= 15 is 0 Å². The number of aliphatic hydroxyl groups is 1. The second kappa shape index (κ2) is 21.6. The summed E-state index contributed by atoms with van der Waals surface area (Å²) in [5.74, 6) is -6.22. The van der Waals surface area contributed by atoms with Crippen LogP contribution in [0.5, 0.6) is 0 Å². The van der Waals surface area contributed by atoms with Gasteiger partial charge in [-0.15, -0.1) is 0 Å². The van der Waals surface area contributed by atoms with Gasteiger partial charge in [0.05, 0.1) is 6.54 Å². The van der Waals surface area contributed by atoms with Gasteiger partial charge in [0.1, 0.15) is 42.4 Å². The molecule has 0 saturated carbocycles. The van der Waals surface area contributed by atoms with Crippen LogP contribution in [0.2, 0.25) is 10.0 Å². The SMILES string of the molecule is CC[C@H](NC(=O)[C@@H]1C[C@@H](F)CN1C(=O)[C@@](C)(O)C(F)(F)F)C(=O)N(CC)[C@H]1CCCCNC(=O)[C@H]2CCCN2C(=O)[C@H](Cc2cc(Cl)ccc2Cl)N(C)C(=O)[C@H](CC(C)C)NC1=O. The van der Waals surface area contributed by atoms with Crippen LogP contribution in [0, 0.1) is 5.92 Å². The molecule has 21 heteroatoms. The van der Waals surface area contributed by atoms with Gasteiger partial charge in [-0.1, -0.05) is 44.0 Å². The molecule has 4 N–H and O–H groups in total. The molecule has 1 aromatic rings. The fourth-order valence-electron chi connectivity index (χ4n) is 8.37. The first-order valence-corrected chi connectivity index (χ1v) is 22.1. The van der Waals surface area contributed by atoms with Crippen LogP contribution in [0.15, 0.2) is 18.2 Å². The first kappa shape index (κ1) is 51.4. The molecule has 0 aromatic heterocycles. The van der Waals surface area contributed by atoms with E-state index < -0.39 is 103 Å². The summed E-state index contributed by atoms with van der Waals surface area (Å²) in [5, 5.41) is 18.8. The number of likely N-dealkylation sites (tertiary alicyclic amines) is 1. The topological polar surface area (TPSA) is 189 Å². The van der Waals surface area contributed by atoms with E-state index in [-0.39, 0.29) is 64.1 Å². The molecular formula is C42H59Cl2F4N7O8. The minimum Gasteiger partial charge on any atom is -0.373 e. The van der Waals surface area contributed by atoms with Crippen molar-refractivity contribution in [3.63, 3.8) is 0 Å². The highest BCUT2D eigenvalue weighted by molar-refractivity contribution is 6.33. The van der Waals surface area contributed by atoms with Crippen LogP contribution < -0.4 is 16.0 Å². The molecule has 63 heavy (non-hydrogen) atoms. The summed E-state index contributed by atoms with van der Waals surface area (Å²) in [4.78, 5) is 102. The van der Waals surface area contributed by atoms with E-state index in [2.05, 4.69) is 16.0 Å². The second-order valence-corrected chi connectivity index (χ2v) is 17.9. The van der Waals surface area contributed by atoms with Crippen LogP contribution in [0.4, 0.5) is 17.6 Å². The Morgan fingerprint density at radius 2 is 1.70 bits per heavy atom. The predicted molar refractivity (Wildman–Crippen MR) is 225 cm³/mol. The third kappa shape index (κ3) is 12.1. The van der Waals surface area contributed by atoms with Crippen molar-refractivity contribution >= 4 is 64.6 Å². The fourth-order valence-corrected chi connectivity index (χ4v) is 8.76. The molecule has 0 spiro atoms. The number of fused-ring (bicyclic) bond motifs is 1. The van der Waals surface area contributed by atoms with Crippen molar-refractivity contribution in [2.24, 2.45) is 5.92 Å². The molecule has 3 heterocycles. The number of carbonyl (C=O) groups excluding carboxylic acids is 7. The van der Waals surface area contributed by atoms with Gasteiger partial charge in [-0.05, 0) is 88.5 Å². The predicted octanol–water partition coefficient (Wildman–Crippen LogP) is 3.55. The Balaban J connectivity index is 1.67. The van der Waals surface area contributed by atoms with Gasteiger partial charge in [0, 0.05) is 49.6 Å². The van der Waals surface area contributed by atoms with E-state index in [9.17, 15) is 56.2 Å². The van der Waals surface area contributed by atoms with Gasteiger partial charge in [0.2, 0.25) is 41.0 Å². The Hall–Kier alpha value is -4.23. The average molecular weight is 937 g/mol. The molecule has 0 radical (unpaired) electrons. The van der Waals surface area contributed by atoms with Gasteiger partial charge in [-0.2, -0.15) is 13.2 Å². The lowest BCUT2D eigenvalue weighted by molar-refractivity contribution is -0.250. The van der Waals surface area contributed by atoms with E-state index in [1.165, 1.54) is 28.7 Å². The molecular weight excluding hydrogens is 877 g/mol. The molecule has 7 amide bonds. The van der Waals surface area contributed by atoms with E-state index in [0.717, 1.165) is 0 Å². The zero-order valence-electron chi connectivity index (χ0n) is 36.4. The number of nitrogens with zero attached hydrogens (tertiary/aromatic N) is 4. The number of hydrogen-bond donors (Lipinski definition) is 4. The Morgan fingerprint density at radius 1 is 1.02 bits per heavy atom. The van der Waals surface area contributed by atoms with Crippen LogP contribution in [-0.4, -0.2) is 153 Å². The van der Waals surface area contributed by atoms with Crippen molar-refractivity contribution in [3.8, 4) is 0 Å². The number of alkyl halides is 4. The number of hydrogen-bond acceptors (Lipinski definition) is 8. The third-order valence-electron chi connectivity index (χ3n) is 12.0. The first-order chi connectivity index (χ1) is 29.4. The van der Waals surface area contributed by atoms with Crippen LogP contribution in [-0.2, 0) is 40.0 Å². The summed E-state index contributed by atoms with van der Waals surface area (Å²) in [6, 6.07) is -2.90. The summed E-state index contributed by atoms with van der Waals surface area (Å²) in [7, 11) is 1.43. The van der Waals surface area contributed by atoms with Gasteiger partial charge in [0.25, 0.3) is 5.91 Å². The molecule has 3 fully saturated rings. The average Bonchev–Trinajstić information content (AvgIpc) is 3.87. The normalized spacial score (nSPS) is 25.9. The Kier molecular flexibility index (Phi) is 17.7. The maximum atomic E-state index is 14.6. The highest BCUT2D eigenvalue weighted by Gasteiger charge is 2.59. The number of halogens is 6. The summed E-state index contributed by atoms with van der Waals surface area (Å²) in [6.45, 7) is 6.44. The van der Waals surface area contributed by atoms with Crippen molar-refractivity contribution in [1.29, 1.82) is 0 Å². The van der Waals surface area contributed by atoms with Crippen molar-refractivity contribution in [2.75, 3.05) is 33.2 Å². The number of benzene rings is 1. The minimum absolute atomic E-state index is 0.0367. The highest BCUT2D eigenvalue weighted by Crippen LogP contribution is 2.35. The lowest BCUT2D eigenvalue weighted by Gasteiger charge is -2.37. The van der Waals surface area contributed by atoms with Crippen LogP contribution in [0.3, 0.4) is 0 Å². The summed E-state index contributed by atoms with van der Waals surface area (Å²) in [6.07, 6.45) is -6.44. The van der Waals surface area contributed by atoms with Gasteiger partial charge in [0.15, 0.2) is 0 Å². The number of carbonyl (C=O) groups is 7. The van der Waals surface area contributed by atoms with Crippen LogP contribution >= 0.6 is 23.2 Å². The van der Waals surface area contributed by atoms with E-state index in [1.807, 2.05) is 13.8 Å².